The number of carbonyl (C=O) groups is 1. The van der Waals surface area contributed by atoms with Crippen molar-refractivity contribution in [3.8, 4) is 0 Å². The average Bonchev–Trinajstić information content (AvgIpc) is 2.95. The molecule has 0 radical (unpaired) electrons. The summed E-state index contributed by atoms with van der Waals surface area (Å²) in [4.78, 5) is 21.0. The first-order chi connectivity index (χ1) is 11.1. The Hall–Kier alpha value is -1.99. The molecule has 23 heavy (non-hydrogen) atoms. The molecule has 0 saturated carbocycles. The second kappa shape index (κ2) is 6.64. The maximum absolute atomic E-state index is 12.6. The Bertz CT molecular complexity index is 691. The van der Waals surface area contributed by atoms with Crippen LogP contribution in [0.4, 0.5) is 0 Å². The van der Waals surface area contributed by atoms with Gasteiger partial charge in [-0.15, -0.1) is 0 Å². The molecule has 2 N–H and O–H groups in total. The standard InChI is InChI=1S/C16H23N5O2/c1-3-13(22)10-20-4-6-21(7-5-20)16(23)12-8-14-11(2)18-19-15(14)17-9-12/h8-9,13,22H,3-7,10H2,1-2H3,(H,17,18,19)/t13-/m1/s1. The van der Waals surface area contributed by atoms with Crippen LogP contribution in [0.1, 0.15) is 29.4 Å². The van der Waals surface area contributed by atoms with Gasteiger partial charge in [0.2, 0.25) is 0 Å². The predicted octanol–water partition coefficient (Wildman–Crippen LogP) is 0.795. The highest BCUT2D eigenvalue weighted by molar-refractivity contribution is 5.97. The lowest BCUT2D eigenvalue weighted by Crippen LogP contribution is -2.50. The van der Waals surface area contributed by atoms with Crippen LogP contribution in [-0.2, 0) is 0 Å². The average molecular weight is 317 g/mol. The monoisotopic (exact) mass is 317 g/mol. The number of hydrogen-bond donors (Lipinski definition) is 2. The second-order valence-corrected chi connectivity index (χ2v) is 6.10. The molecule has 1 amide bonds. The molecule has 1 saturated heterocycles. The van der Waals surface area contributed by atoms with E-state index in [-0.39, 0.29) is 12.0 Å². The Labute approximate surface area is 135 Å². The van der Waals surface area contributed by atoms with Gasteiger partial charge in [-0.25, -0.2) is 4.98 Å². The van der Waals surface area contributed by atoms with E-state index in [1.165, 1.54) is 0 Å². The van der Waals surface area contributed by atoms with Crippen LogP contribution in [0.2, 0.25) is 0 Å². The summed E-state index contributed by atoms with van der Waals surface area (Å²) in [5.41, 5.74) is 2.15. The van der Waals surface area contributed by atoms with Gasteiger partial charge in [0.1, 0.15) is 0 Å². The zero-order valence-electron chi connectivity index (χ0n) is 13.6. The maximum atomic E-state index is 12.6. The zero-order chi connectivity index (χ0) is 16.4. The minimum absolute atomic E-state index is 0.00990. The van der Waals surface area contributed by atoms with E-state index >= 15 is 0 Å². The summed E-state index contributed by atoms with van der Waals surface area (Å²) in [6.45, 7) is 7.52. The van der Waals surface area contributed by atoms with Gasteiger partial charge in [-0.3, -0.25) is 14.8 Å². The molecule has 0 aliphatic carbocycles. The molecule has 1 aliphatic rings. The molecule has 2 aromatic heterocycles. The number of β-amino-alcohol motifs (C(OH)–C–C–N with tert-alkyl or cyclic N) is 1. The summed E-state index contributed by atoms with van der Waals surface area (Å²) in [5, 5.41) is 17.6. The molecular formula is C16H23N5O2. The molecule has 2 aromatic rings. The number of aryl methyl sites for hydroxylation is 1. The number of aliphatic hydroxyl groups is 1. The quantitative estimate of drug-likeness (QED) is 0.871. The minimum atomic E-state index is -0.284. The van der Waals surface area contributed by atoms with Gasteiger partial charge in [-0.1, -0.05) is 6.92 Å². The largest absolute Gasteiger partial charge is 0.392 e. The summed E-state index contributed by atoms with van der Waals surface area (Å²) < 4.78 is 0. The van der Waals surface area contributed by atoms with Gasteiger partial charge in [-0.05, 0) is 19.4 Å². The van der Waals surface area contributed by atoms with E-state index in [4.69, 9.17) is 0 Å². The molecular weight excluding hydrogens is 294 g/mol. The molecule has 7 heteroatoms. The number of amides is 1. The lowest BCUT2D eigenvalue weighted by atomic mass is 10.1. The third-order valence-corrected chi connectivity index (χ3v) is 4.45. The fourth-order valence-corrected chi connectivity index (χ4v) is 2.88. The Morgan fingerprint density at radius 1 is 1.39 bits per heavy atom. The van der Waals surface area contributed by atoms with Crippen LogP contribution in [0.5, 0.6) is 0 Å². The number of aromatic amines is 1. The van der Waals surface area contributed by atoms with Crippen LogP contribution in [0.3, 0.4) is 0 Å². The number of nitrogens with one attached hydrogen (secondary N) is 1. The number of aromatic nitrogens is 3. The van der Waals surface area contributed by atoms with Crippen LogP contribution in [0.25, 0.3) is 11.0 Å². The van der Waals surface area contributed by atoms with Crippen LogP contribution in [0, 0.1) is 6.92 Å². The zero-order valence-corrected chi connectivity index (χ0v) is 13.6. The van der Waals surface area contributed by atoms with E-state index in [0.717, 1.165) is 30.6 Å². The number of nitrogens with zero attached hydrogens (tertiary/aromatic N) is 4. The molecule has 124 valence electrons. The molecule has 0 bridgehead atoms. The number of aliphatic hydroxyl groups excluding tert-OH is 1. The number of H-pyrrole nitrogens is 1. The Morgan fingerprint density at radius 3 is 2.83 bits per heavy atom. The maximum Gasteiger partial charge on any atom is 0.255 e. The van der Waals surface area contributed by atoms with E-state index in [1.54, 1.807) is 6.20 Å². The smallest absolute Gasteiger partial charge is 0.255 e. The van der Waals surface area contributed by atoms with E-state index in [9.17, 15) is 9.90 Å². The van der Waals surface area contributed by atoms with Gasteiger partial charge in [0, 0.05) is 50.0 Å². The molecule has 1 atom stereocenters. The summed E-state index contributed by atoms with van der Waals surface area (Å²) in [5.74, 6) is 0.00990. The highest BCUT2D eigenvalue weighted by Crippen LogP contribution is 2.16. The number of hydrogen-bond acceptors (Lipinski definition) is 5. The molecule has 7 nitrogen and oxygen atoms in total. The highest BCUT2D eigenvalue weighted by Gasteiger charge is 2.23. The topological polar surface area (TPSA) is 85.3 Å². The molecule has 1 fully saturated rings. The summed E-state index contributed by atoms with van der Waals surface area (Å²) in [6.07, 6.45) is 2.07. The lowest BCUT2D eigenvalue weighted by Gasteiger charge is -2.35. The van der Waals surface area contributed by atoms with E-state index < -0.39 is 0 Å². The van der Waals surface area contributed by atoms with Crippen molar-refractivity contribution in [3.05, 3.63) is 23.5 Å². The van der Waals surface area contributed by atoms with Crippen molar-refractivity contribution in [3.63, 3.8) is 0 Å². The van der Waals surface area contributed by atoms with Crippen molar-refractivity contribution in [2.75, 3.05) is 32.7 Å². The van der Waals surface area contributed by atoms with Gasteiger partial charge in [0.25, 0.3) is 5.91 Å². The third-order valence-electron chi connectivity index (χ3n) is 4.45. The Balaban J connectivity index is 1.65. The first-order valence-electron chi connectivity index (χ1n) is 8.09. The van der Waals surface area contributed by atoms with Crippen LogP contribution < -0.4 is 0 Å². The molecule has 1 aliphatic heterocycles. The van der Waals surface area contributed by atoms with Gasteiger partial charge in [0.05, 0.1) is 11.7 Å². The number of piperazine rings is 1. The molecule has 0 unspecified atom stereocenters. The molecule has 0 aromatic carbocycles. The van der Waals surface area contributed by atoms with Crippen molar-refractivity contribution < 1.29 is 9.90 Å². The Kier molecular flexibility index (Phi) is 4.58. The van der Waals surface area contributed by atoms with Crippen molar-refractivity contribution in [1.82, 2.24) is 25.0 Å². The fourth-order valence-electron chi connectivity index (χ4n) is 2.88. The molecule has 3 heterocycles. The van der Waals surface area contributed by atoms with Crippen molar-refractivity contribution in [1.29, 1.82) is 0 Å². The number of rotatable bonds is 4. The van der Waals surface area contributed by atoms with Crippen LogP contribution >= 0.6 is 0 Å². The summed E-state index contributed by atoms with van der Waals surface area (Å²) >= 11 is 0. The van der Waals surface area contributed by atoms with Crippen molar-refractivity contribution in [2.45, 2.75) is 26.4 Å². The molecule has 3 rings (SSSR count). The number of pyridine rings is 1. The minimum Gasteiger partial charge on any atom is -0.392 e. The SMILES string of the molecule is CC[C@@H](O)CN1CCN(C(=O)c2cnc3n[nH]c(C)c3c2)CC1. The van der Waals surface area contributed by atoms with Crippen molar-refractivity contribution >= 4 is 16.9 Å². The second-order valence-electron chi connectivity index (χ2n) is 6.10. The van der Waals surface area contributed by atoms with E-state index in [2.05, 4.69) is 20.1 Å². The predicted molar refractivity (Wildman–Crippen MR) is 87.3 cm³/mol. The van der Waals surface area contributed by atoms with Crippen molar-refractivity contribution in [2.24, 2.45) is 0 Å². The normalized spacial score (nSPS) is 17.6. The number of carbonyl (C=O) groups excluding carboxylic acids is 1. The Morgan fingerprint density at radius 2 is 2.13 bits per heavy atom. The number of fused-ring (bicyclic) bond motifs is 1. The van der Waals surface area contributed by atoms with Crippen LogP contribution in [-0.4, -0.2) is 74.8 Å². The highest BCUT2D eigenvalue weighted by atomic mass is 16.3. The fraction of sp³-hybridized carbons (Fsp3) is 0.562. The lowest BCUT2D eigenvalue weighted by molar-refractivity contribution is 0.0523. The van der Waals surface area contributed by atoms with Gasteiger partial charge in [0.15, 0.2) is 5.65 Å². The first-order valence-corrected chi connectivity index (χ1v) is 8.09. The van der Waals surface area contributed by atoms with Crippen LogP contribution in [0.15, 0.2) is 12.3 Å². The van der Waals surface area contributed by atoms with Gasteiger partial charge >= 0.3 is 0 Å². The summed E-state index contributed by atoms with van der Waals surface area (Å²) in [7, 11) is 0. The third kappa shape index (κ3) is 3.35. The van der Waals surface area contributed by atoms with Gasteiger partial charge < -0.3 is 10.0 Å². The molecule has 0 spiro atoms. The van der Waals surface area contributed by atoms with Gasteiger partial charge in [-0.2, -0.15) is 5.10 Å². The van der Waals surface area contributed by atoms with E-state index in [1.807, 2.05) is 24.8 Å². The van der Waals surface area contributed by atoms with E-state index in [0.29, 0.717) is 30.8 Å². The first kappa shape index (κ1) is 15.9. The summed E-state index contributed by atoms with van der Waals surface area (Å²) in [6, 6.07) is 1.86.